The summed E-state index contributed by atoms with van der Waals surface area (Å²) < 4.78 is 11.9. The molecule has 148 valence electrons. The number of rotatable bonds is 4. The summed E-state index contributed by atoms with van der Waals surface area (Å²) in [5.41, 5.74) is 0.863. The molecule has 2 fully saturated rings. The highest BCUT2D eigenvalue weighted by Gasteiger charge is 2.36. The Morgan fingerprint density at radius 1 is 1.14 bits per heavy atom. The second-order valence-electron chi connectivity index (χ2n) is 7.79. The van der Waals surface area contributed by atoms with Crippen LogP contribution in [0.2, 0.25) is 0 Å². The van der Waals surface area contributed by atoms with Crippen LogP contribution in [-0.2, 0) is 5.41 Å². The Balaban J connectivity index is 1.69. The van der Waals surface area contributed by atoms with Crippen molar-refractivity contribution in [3.8, 4) is 23.3 Å². The molecule has 28 heavy (non-hydrogen) atoms. The van der Waals surface area contributed by atoms with Crippen LogP contribution in [-0.4, -0.2) is 29.4 Å². The third-order valence-corrected chi connectivity index (χ3v) is 6.65. The number of ether oxygens (including phenoxy) is 2. The van der Waals surface area contributed by atoms with E-state index in [9.17, 15) is 5.11 Å². The molecule has 0 spiro atoms. The maximum absolute atomic E-state index is 10.1. The summed E-state index contributed by atoms with van der Waals surface area (Å²) in [5, 5.41) is 12.8. The van der Waals surface area contributed by atoms with E-state index in [-0.39, 0.29) is 17.6 Å². The van der Waals surface area contributed by atoms with Gasteiger partial charge in [-0.3, -0.25) is 0 Å². The number of hydrogen-bond acceptors (Lipinski definition) is 5. The topological polar surface area (TPSA) is 51.6 Å². The Labute approximate surface area is 170 Å². The molecule has 0 saturated heterocycles. The van der Waals surface area contributed by atoms with E-state index < -0.39 is 0 Å². The van der Waals surface area contributed by atoms with Gasteiger partial charge < -0.3 is 14.6 Å². The van der Waals surface area contributed by atoms with E-state index >= 15 is 0 Å². The fraction of sp³-hybridized carbons (Fsp3) is 0.522. The summed E-state index contributed by atoms with van der Waals surface area (Å²) in [7, 11) is 1.69. The monoisotopic (exact) mass is 397 g/mol. The van der Waals surface area contributed by atoms with E-state index in [4.69, 9.17) is 9.47 Å². The van der Waals surface area contributed by atoms with Crippen molar-refractivity contribution >= 4 is 11.3 Å². The predicted molar refractivity (Wildman–Crippen MR) is 111 cm³/mol. The molecule has 2 saturated carbocycles. The molecule has 2 aliphatic rings. The number of aliphatic hydroxyl groups excluding tert-OH is 1. The SMILES string of the molecule is COc1ccc([C@]2(C#Cc3nccs3)CC[C@H](O)CC2)cc1OC1CCCC1. The van der Waals surface area contributed by atoms with Crippen molar-refractivity contribution in [1.82, 2.24) is 4.98 Å². The lowest BCUT2D eigenvalue weighted by Crippen LogP contribution is -2.32. The standard InChI is InChI=1S/C23H27NO3S/c1-26-20-7-6-17(16-21(20)27-19-4-2-3-5-19)23(11-8-18(25)9-12-23)13-10-22-24-14-15-28-22/h6-7,14-16,18-19,25H,2-5,8-9,11-12H2,1H3/t18-,23+. The lowest BCUT2D eigenvalue weighted by Gasteiger charge is -2.35. The number of aromatic nitrogens is 1. The number of methoxy groups -OCH3 is 1. The summed E-state index contributed by atoms with van der Waals surface area (Å²) in [5.74, 6) is 8.38. The van der Waals surface area contributed by atoms with Gasteiger partial charge in [-0.25, -0.2) is 4.98 Å². The first-order valence-corrected chi connectivity index (χ1v) is 11.0. The van der Waals surface area contributed by atoms with Crippen molar-refractivity contribution in [2.45, 2.75) is 69.0 Å². The van der Waals surface area contributed by atoms with Crippen molar-refractivity contribution < 1.29 is 14.6 Å². The maximum Gasteiger partial charge on any atom is 0.166 e. The van der Waals surface area contributed by atoms with Crippen molar-refractivity contribution in [3.63, 3.8) is 0 Å². The van der Waals surface area contributed by atoms with Crippen LogP contribution in [0, 0.1) is 11.8 Å². The number of benzene rings is 1. The third-order valence-electron chi connectivity index (χ3n) is 5.96. The molecule has 0 bridgehead atoms. The van der Waals surface area contributed by atoms with Gasteiger partial charge >= 0.3 is 0 Å². The summed E-state index contributed by atoms with van der Waals surface area (Å²) in [6, 6.07) is 6.22. The molecule has 0 atom stereocenters. The summed E-state index contributed by atoms with van der Waals surface area (Å²) in [6.07, 6.45) is 9.69. The van der Waals surface area contributed by atoms with E-state index in [2.05, 4.69) is 29.0 Å². The molecule has 4 rings (SSSR count). The summed E-state index contributed by atoms with van der Waals surface area (Å²) in [4.78, 5) is 4.30. The maximum atomic E-state index is 10.1. The first kappa shape index (κ1) is 19.3. The van der Waals surface area contributed by atoms with Gasteiger partial charge in [0, 0.05) is 11.6 Å². The molecule has 1 heterocycles. The van der Waals surface area contributed by atoms with Crippen LogP contribution in [0.5, 0.6) is 11.5 Å². The zero-order chi connectivity index (χ0) is 19.4. The quantitative estimate of drug-likeness (QED) is 0.760. The van der Waals surface area contributed by atoms with Gasteiger partial charge in [0.25, 0.3) is 0 Å². The van der Waals surface area contributed by atoms with Crippen molar-refractivity contribution in [2.24, 2.45) is 0 Å². The van der Waals surface area contributed by atoms with Crippen LogP contribution in [0.15, 0.2) is 29.8 Å². The van der Waals surface area contributed by atoms with Crippen molar-refractivity contribution in [1.29, 1.82) is 0 Å². The Hall–Kier alpha value is -2.03. The average Bonchev–Trinajstić information content (AvgIpc) is 3.42. The smallest absolute Gasteiger partial charge is 0.166 e. The van der Waals surface area contributed by atoms with Crippen LogP contribution in [0.3, 0.4) is 0 Å². The van der Waals surface area contributed by atoms with E-state index in [1.165, 1.54) is 12.8 Å². The first-order chi connectivity index (χ1) is 13.7. The van der Waals surface area contributed by atoms with E-state index in [1.54, 1.807) is 24.6 Å². The lowest BCUT2D eigenvalue weighted by atomic mass is 9.69. The Bertz CT molecular complexity index is 838. The van der Waals surface area contributed by atoms with Gasteiger partial charge in [0.1, 0.15) is 0 Å². The first-order valence-electron chi connectivity index (χ1n) is 10.1. The van der Waals surface area contributed by atoms with Gasteiger partial charge in [-0.2, -0.15) is 0 Å². The van der Waals surface area contributed by atoms with E-state index in [1.807, 2.05) is 11.4 Å². The fourth-order valence-electron chi connectivity index (χ4n) is 4.29. The number of hydrogen-bond donors (Lipinski definition) is 1. The molecule has 0 radical (unpaired) electrons. The van der Waals surface area contributed by atoms with Gasteiger partial charge in [0.15, 0.2) is 16.5 Å². The number of nitrogens with zero attached hydrogens (tertiary/aromatic N) is 1. The molecule has 4 nitrogen and oxygen atoms in total. The highest BCUT2D eigenvalue weighted by molar-refractivity contribution is 7.10. The molecule has 1 aromatic heterocycles. The molecule has 0 unspecified atom stereocenters. The van der Waals surface area contributed by atoms with Crippen LogP contribution >= 0.6 is 11.3 Å². The highest BCUT2D eigenvalue weighted by Crippen LogP contribution is 2.43. The van der Waals surface area contributed by atoms with Gasteiger partial charge in [0.05, 0.1) is 24.7 Å². The van der Waals surface area contributed by atoms with Gasteiger partial charge in [0.2, 0.25) is 0 Å². The number of aliphatic hydroxyl groups is 1. The Morgan fingerprint density at radius 2 is 1.93 bits per heavy atom. The number of thiazole rings is 1. The minimum absolute atomic E-state index is 0.234. The van der Waals surface area contributed by atoms with Crippen molar-refractivity contribution in [3.05, 3.63) is 40.3 Å². The molecular weight excluding hydrogens is 370 g/mol. The minimum Gasteiger partial charge on any atom is -0.493 e. The minimum atomic E-state index is -0.287. The molecule has 2 aromatic rings. The summed E-state index contributed by atoms with van der Waals surface area (Å²) >= 11 is 1.56. The fourth-order valence-corrected chi connectivity index (χ4v) is 4.77. The average molecular weight is 398 g/mol. The Morgan fingerprint density at radius 3 is 2.61 bits per heavy atom. The second kappa shape index (κ2) is 8.55. The third kappa shape index (κ3) is 4.19. The molecule has 1 aromatic carbocycles. The largest absolute Gasteiger partial charge is 0.493 e. The van der Waals surface area contributed by atoms with Crippen LogP contribution in [0.25, 0.3) is 0 Å². The molecule has 0 aliphatic heterocycles. The zero-order valence-electron chi connectivity index (χ0n) is 16.3. The Kier molecular flexibility index (Phi) is 5.89. The van der Waals surface area contributed by atoms with Crippen molar-refractivity contribution in [2.75, 3.05) is 7.11 Å². The molecule has 5 heteroatoms. The van der Waals surface area contributed by atoms with Gasteiger partial charge in [-0.05, 0) is 75.0 Å². The van der Waals surface area contributed by atoms with Crippen LogP contribution in [0.1, 0.15) is 61.9 Å². The van der Waals surface area contributed by atoms with Crippen LogP contribution < -0.4 is 9.47 Å². The normalized spacial score (nSPS) is 25.1. The zero-order valence-corrected chi connectivity index (χ0v) is 17.1. The molecule has 1 N–H and O–H groups in total. The second-order valence-corrected chi connectivity index (χ2v) is 8.69. The lowest BCUT2D eigenvalue weighted by molar-refractivity contribution is 0.110. The van der Waals surface area contributed by atoms with E-state index in [0.29, 0.717) is 0 Å². The van der Waals surface area contributed by atoms with Gasteiger partial charge in [-0.1, -0.05) is 12.0 Å². The molecule has 2 aliphatic carbocycles. The van der Waals surface area contributed by atoms with E-state index in [0.717, 1.165) is 60.6 Å². The highest BCUT2D eigenvalue weighted by atomic mass is 32.1. The van der Waals surface area contributed by atoms with Crippen LogP contribution in [0.4, 0.5) is 0 Å². The summed E-state index contributed by atoms with van der Waals surface area (Å²) in [6.45, 7) is 0. The van der Waals surface area contributed by atoms with Gasteiger partial charge in [-0.15, -0.1) is 11.3 Å². The molecule has 0 amide bonds. The predicted octanol–water partition coefficient (Wildman–Crippen LogP) is 4.70. The molecular formula is C23H27NO3S.